The van der Waals surface area contributed by atoms with Crippen LogP contribution in [0.4, 0.5) is 0 Å². The fourth-order valence-corrected chi connectivity index (χ4v) is 3.53. The molecule has 3 heterocycles. The van der Waals surface area contributed by atoms with Gasteiger partial charge in [0.05, 0.1) is 18.4 Å². The molecule has 0 aliphatic carbocycles. The minimum atomic E-state index is 0.0361. The molecule has 1 amide bonds. The van der Waals surface area contributed by atoms with Crippen molar-refractivity contribution in [2.75, 3.05) is 6.54 Å². The van der Waals surface area contributed by atoms with Crippen molar-refractivity contribution in [2.45, 2.75) is 26.1 Å². The molecular formula is C16H17BrN6O. The van der Waals surface area contributed by atoms with Crippen molar-refractivity contribution in [3.63, 3.8) is 0 Å². The van der Waals surface area contributed by atoms with Gasteiger partial charge in [0.2, 0.25) is 5.91 Å². The maximum absolute atomic E-state index is 12.5. The van der Waals surface area contributed by atoms with Crippen LogP contribution in [0.3, 0.4) is 0 Å². The number of fused-ring (bicyclic) bond motifs is 3. The Kier molecular flexibility index (Phi) is 3.85. The number of halogens is 1. The molecule has 3 aromatic rings. The van der Waals surface area contributed by atoms with Gasteiger partial charge in [0.15, 0.2) is 0 Å². The predicted octanol–water partition coefficient (Wildman–Crippen LogP) is 1.57. The number of hydrogen-bond acceptors (Lipinski definition) is 4. The zero-order valence-corrected chi connectivity index (χ0v) is 14.6. The van der Waals surface area contributed by atoms with Crippen LogP contribution in [0.2, 0.25) is 0 Å². The highest BCUT2D eigenvalue weighted by Gasteiger charge is 2.24. The highest BCUT2D eigenvalue weighted by atomic mass is 79.9. The van der Waals surface area contributed by atoms with Gasteiger partial charge in [-0.1, -0.05) is 21.1 Å². The number of hydrogen-bond donors (Lipinski definition) is 2. The van der Waals surface area contributed by atoms with Crippen molar-refractivity contribution in [3.05, 3.63) is 45.8 Å². The van der Waals surface area contributed by atoms with Gasteiger partial charge in [0, 0.05) is 34.2 Å². The number of carbonyl (C=O) groups excluding carboxylic acids is 1. The third-order valence-electron chi connectivity index (χ3n) is 4.38. The average Bonchev–Trinajstić information content (AvgIpc) is 3.18. The van der Waals surface area contributed by atoms with Gasteiger partial charge in [-0.3, -0.25) is 4.79 Å². The molecule has 0 unspecified atom stereocenters. The van der Waals surface area contributed by atoms with E-state index in [1.165, 1.54) is 10.9 Å². The van der Waals surface area contributed by atoms with Gasteiger partial charge in [0.1, 0.15) is 6.54 Å². The summed E-state index contributed by atoms with van der Waals surface area (Å²) in [5, 5.41) is 9.08. The number of H-pyrrole nitrogens is 1. The topological polar surface area (TPSA) is 92.8 Å². The Labute approximate surface area is 146 Å². The van der Waals surface area contributed by atoms with Crippen molar-refractivity contribution < 1.29 is 4.79 Å². The number of nitrogens with zero attached hydrogens (tertiary/aromatic N) is 4. The van der Waals surface area contributed by atoms with Crippen molar-refractivity contribution >= 4 is 32.7 Å². The summed E-state index contributed by atoms with van der Waals surface area (Å²) in [7, 11) is 0. The Morgan fingerprint density at radius 1 is 1.42 bits per heavy atom. The number of benzene rings is 1. The van der Waals surface area contributed by atoms with Gasteiger partial charge < -0.3 is 15.6 Å². The fraction of sp³-hybridized carbons (Fsp3) is 0.312. The predicted molar refractivity (Wildman–Crippen MR) is 93.0 cm³/mol. The fourth-order valence-electron chi connectivity index (χ4n) is 3.17. The van der Waals surface area contributed by atoms with Crippen molar-refractivity contribution in [3.8, 4) is 0 Å². The van der Waals surface area contributed by atoms with E-state index in [1.807, 2.05) is 11.0 Å². The SMILES string of the molecule is NCc1cn(CC(=O)N2CCc3c([nH]c4ccc(Br)cc34)C2)nn1. The standard InChI is InChI=1S/C16H17BrN6O/c17-10-1-2-14-13(5-10)12-3-4-22(8-15(12)19-14)16(24)9-23-7-11(6-18)20-21-23/h1-2,5,7,19H,3-4,6,8-9,18H2. The number of aromatic nitrogens is 4. The smallest absolute Gasteiger partial charge is 0.244 e. The van der Waals surface area contributed by atoms with E-state index in [4.69, 9.17) is 5.73 Å². The maximum atomic E-state index is 12.5. The Bertz CT molecular complexity index is 915. The molecule has 1 aromatic carbocycles. The van der Waals surface area contributed by atoms with Gasteiger partial charge in [-0.2, -0.15) is 0 Å². The second-order valence-electron chi connectivity index (χ2n) is 5.95. The molecule has 1 aliphatic rings. The number of aromatic amines is 1. The number of rotatable bonds is 3. The molecule has 8 heteroatoms. The molecule has 0 bridgehead atoms. The number of carbonyl (C=O) groups is 1. The first-order valence-corrected chi connectivity index (χ1v) is 8.59. The molecule has 4 rings (SSSR count). The minimum Gasteiger partial charge on any atom is -0.357 e. The summed E-state index contributed by atoms with van der Waals surface area (Å²) in [6.45, 7) is 1.82. The summed E-state index contributed by atoms with van der Waals surface area (Å²) in [6, 6.07) is 6.21. The first-order chi connectivity index (χ1) is 11.6. The lowest BCUT2D eigenvalue weighted by molar-refractivity contribution is -0.133. The third-order valence-corrected chi connectivity index (χ3v) is 4.88. The highest BCUT2D eigenvalue weighted by Crippen LogP contribution is 2.29. The minimum absolute atomic E-state index is 0.0361. The van der Waals surface area contributed by atoms with Gasteiger partial charge >= 0.3 is 0 Å². The van der Waals surface area contributed by atoms with Crippen LogP contribution in [0.1, 0.15) is 17.0 Å². The van der Waals surface area contributed by atoms with E-state index in [1.54, 1.807) is 10.9 Å². The molecule has 1 aliphatic heterocycles. The number of nitrogens with two attached hydrogens (primary N) is 1. The summed E-state index contributed by atoms with van der Waals surface area (Å²) in [6.07, 6.45) is 2.57. The number of nitrogens with one attached hydrogen (secondary N) is 1. The van der Waals surface area contributed by atoms with E-state index >= 15 is 0 Å². The van der Waals surface area contributed by atoms with Crippen LogP contribution in [-0.2, 0) is 30.8 Å². The lowest BCUT2D eigenvalue weighted by Gasteiger charge is -2.27. The van der Waals surface area contributed by atoms with Gasteiger partial charge in [0.25, 0.3) is 0 Å². The Hall–Kier alpha value is -2.19. The summed E-state index contributed by atoms with van der Waals surface area (Å²) >= 11 is 3.52. The molecule has 0 saturated carbocycles. The van der Waals surface area contributed by atoms with E-state index in [0.29, 0.717) is 25.3 Å². The normalized spacial score (nSPS) is 14.2. The first-order valence-electron chi connectivity index (χ1n) is 7.80. The molecule has 0 fully saturated rings. The van der Waals surface area contributed by atoms with Crippen LogP contribution < -0.4 is 5.73 Å². The molecule has 0 atom stereocenters. The van der Waals surface area contributed by atoms with E-state index in [9.17, 15) is 4.79 Å². The average molecular weight is 389 g/mol. The molecule has 124 valence electrons. The Morgan fingerprint density at radius 2 is 2.29 bits per heavy atom. The zero-order chi connectivity index (χ0) is 16.7. The molecule has 7 nitrogen and oxygen atoms in total. The molecule has 2 aromatic heterocycles. The van der Waals surface area contributed by atoms with E-state index in [-0.39, 0.29) is 12.5 Å². The van der Waals surface area contributed by atoms with E-state index in [2.05, 4.69) is 43.4 Å². The van der Waals surface area contributed by atoms with Crippen LogP contribution in [-0.4, -0.2) is 37.3 Å². The highest BCUT2D eigenvalue weighted by molar-refractivity contribution is 9.10. The molecule has 0 saturated heterocycles. The van der Waals surface area contributed by atoms with Crippen LogP contribution in [0.15, 0.2) is 28.9 Å². The lowest BCUT2D eigenvalue weighted by Crippen LogP contribution is -2.38. The van der Waals surface area contributed by atoms with E-state index in [0.717, 1.165) is 22.1 Å². The Morgan fingerprint density at radius 3 is 3.08 bits per heavy atom. The Balaban J connectivity index is 1.53. The second kappa shape index (κ2) is 6.03. The van der Waals surface area contributed by atoms with Gasteiger partial charge in [-0.05, 0) is 30.2 Å². The van der Waals surface area contributed by atoms with Crippen LogP contribution in [0.25, 0.3) is 10.9 Å². The summed E-state index contributed by atoms with van der Waals surface area (Å²) in [5.74, 6) is 0.0361. The van der Waals surface area contributed by atoms with Crippen LogP contribution in [0, 0.1) is 0 Å². The monoisotopic (exact) mass is 388 g/mol. The number of amides is 1. The molecule has 0 radical (unpaired) electrons. The first kappa shape index (κ1) is 15.3. The maximum Gasteiger partial charge on any atom is 0.244 e. The summed E-state index contributed by atoms with van der Waals surface area (Å²) in [5.41, 5.74) is 9.74. The molecule has 0 spiro atoms. The summed E-state index contributed by atoms with van der Waals surface area (Å²) in [4.78, 5) is 17.8. The van der Waals surface area contributed by atoms with Crippen molar-refractivity contribution in [1.29, 1.82) is 0 Å². The molecule has 3 N–H and O–H groups in total. The quantitative estimate of drug-likeness (QED) is 0.711. The summed E-state index contributed by atoms with van der Waals surface area (Å²) < 4.78 is 2.61. The van der Waals surface area contributed by atoms with Gasteiger partial charge in [-0.25, -0.2) is 4.68 Å². The van der Waals surface area contributed by atoms with Crippen molar-refractivity contribution in [1.82, 2.24) is 24.9 Å². The van der Waals surface area contributed by atoms with Crippen molar-refractivity contribution in [2.24, 2.45) is 5.73 Å². The third kappa shape index (κ3) is 2.71. The largest absolute Gasteiger partial charge is 0.357 e. The van der Waals surface area contributed by atoms with Crippen LogP contribution >= 0.6 is 15.9 Å². The van der Waals surface area contributed by atoms with E-state index < -0.39 is 0 Å². The van der Waals surface area contributed by atoms with Gasteiger partial charge in [-0.15, -0.1) is 5.10 Å². The van der Waals surface area contributed by atoms with Crippen LogP contribution in [0.5, 0.6) is 0 Å². The second-order valence-corrected chi connectivity index (χ2v) is 6.86. The zero-order valence-electron chi connectivity index (χ0n) is 13.0. The lowest BCUT2D eigenvalue weighted by atomic mass is 10.0. The molecule has 24 heavy (non-hydrogen) atoms. The molecular weight excluding hydrogens is 372 g/mol.